The lowest BCUT2D eigenvalue weighted by Gasteiger charge is -2.34. The summed E-state index contributed by atoms with van der Waals surface area (Å²) in [4.78, 5) is 12.7. The number of nitrogens with zero attached hydrogens (tertiary/aromatic N) is 1. The van der Waals surface area contributed by atoms with Crippen LogP contribution in [0.15, 0.2) is 0 Å². The summed E-state index contributed by atoms with van der Waals surface area (Å²) in [5, 5.41) is 8.70. The van der Waals surface area contributed by atoms with Crippen LogP contribution >= 0.6 is 0 Å². The molecule has 1 fully saturated rings. The van der Waals surface area contributed by atoms with Gasteiger partial charge in [0.2, 0.25) is 0 Å². The van der Waals surface area contributed by atoms with Gasteiger partial charge < -0.3 is 15.6 Å². The molecule has 0 radical (unpaired) electrons. The van der Waals surface area contributed by atoms with E-state index in [4.69, 9.17) is 15.6 Å². The molecule has 1 unspecified atom stereocenters. The minimum absolute atomic E-state index is 0.0211. The summed E-state index contributed by atoms with van der Waals surface area (Å²) in [5.74, 6) is -0.766. The Bertz CT molecular complexity index is 187. The molecule has 0 aromatic rings. The Morgan fingerprint density at radius 1 is 1.64 bits per heavy atom. The zero-order chi connectivity index (χ0) is 10.4. The fraction of sp³-hybridized carbons (Fsp3) is 0.889. The Hall–Kier alpha value is -0.650. The molecule has 5 heteroatoms. The molecule has 14 heavy (non-hydrogen) atoms. The van der Waals surface area contributed by atoms with Gasteiger partial charge in [-0.2, -0.15) is 0 Å². The summed E-state index contributed by atoms with van der Waals surface area (Å²) in [6.45, 7) is 3.56. The molecule has 1 saturated heterocycles. The van der Waals surface area contributed by atoms with E-state index in [0.29, 0.717) is 19.8 Å². The van der Waals surface area contributed by atoms with Crippen LogP contribution in [0, 0.1) is 0 Å². The van der Waals surface area contributed by atoms with Crippen molar-refractivity contribution in [1.29, 1.82) is 0 Å². The highest BCUT2D eigenvalue weighted by Crippen LogP contribution is 2.10. The molecule has 5 nitrogen and oxygen atoms in total. The van der Waals surface area contributed by atoms with E-state index in [1.54, 1.807) is 0 Å². The molecule has 1 heterocycles. The van der Waals surface area contributed by atoms with Gasteiger partial charge in [0, 0.05) is 12.6 Å². The molecule has 3 N–H and O–H groups in total. The lowest BCUT2D eigenvalue weighted by Crippen LogP contribution is -2.47. The average Bonchev–Trinajstić information content (AvgIpc) is 2.16. The number of carboxylic acid groups (broad SMARTS) is 1. The number of rotatable bonds is 5. The quantitative estimate of drug-likeness (QED) is 0.629. The standard InChI is InChI=1S/C9H18N2O3/c10-2-1-3-11-4-5-14-7-8(11)6-9(12)13/h8H,1-7,10H2,(H,12,13). The molecule has 0 saturated carbocycles. The fourth-order valence-electron chi connectivity index (χ4n) is 1.67. The summed E-state index contributed by atoms with van der Waals surface area (Å²) in [7, 11) is 0. The third-order valence-corrected chi connectivity index (χ3v) is 2.41. The first kappa shape index (κ1) is 11.4. The van der Waals surface area contributed by atoms with Crippen molar-refractivity contribution in [3.8, 4) is 0 Å². The highest BCUT2D eigenvalue weighted by Gasteiger charge is 2.24. The number of carboxylic acids is 1. The van der Waals surface area contributed by atoms with Crippen molar-refractivity contribution >= 4 is 5.97 Å². The number of aliphatic carboxylic acids is 1. The predicted octanol–water partition coefficient (Wildman–Crippen LogP) is -0.489. The highest BCUT2D eigenvalue weighted by molar-refractivity contribution is 5.67. The number of ether oxygens (including phenoxy) is 1. The summed E-state index contributed by atoms with van der Waals surface area (Å²) < 4.78 is 5.26. The van der Waals surface area contributed by atoms with Crippen LogP contribution in [0.4, 0.5) is 0 Å². The van der Waals surface area contributed by atoms with Crippen molar-refractivity contribution in [3.05, 3.63) is 0 Å². The van der Waals surface area contributed by atoms with Gasteiger partial charge in [0.1, 0.15) is 0 Å². The normalized spacial score (nSPS) is 23.6. The van der Waals surface area contributed by atoms with Crippen molar-refractivity contribution in [2.45, 2.75) is 18.9 Å². The minimum atomic E-state index is -0.766. The van der Waals surface area contributed by atoms with Crippen LogP contribution in [0.3, 0.4) is 0 Å². The Morgan fingerprint density at radius 2 is 2.43 bits per heavy atom. The van der Waals surface area contributed by atoms with Gasteiger partial charge in [-0.25, -0.2) is 0 Å². The van der Waals surface area contributed by atoms with Crippen LogP contribution in [-0.4, -0.2) is 54.9 Å². The van der Waals surface area contributed by atoms with E-state index >= 15 is 0 Å². The van der Waals surface area contributed by atoms with E-state index < -0.39 is 5.97 Å². The van der Waals surface area contributed by atoms with Gasteiger partial charge in [-0.1, -0.05) is 0 Å². The molecular formula is C9H18N2O3. The third kappa shape index (κ3) is 3.61. The zero-order valence-electron chi connectivity index (χ0n) is 8.32. The van der Waals surface area contributed by atoms with Crippen LogP contribution in [0.1, 0.15) is 12.8 Å². The second kappa shape index (κ2) is 5.95. The number of nitrogens with two attached hydrogens (primary N) is 1. The van der Waals surface area contributed by atoms with E-state index in [1.165, 1.54) is 0 Å². The van der Waals surface area contributed by atoms with Gasteiger partial charge in [0.25, 0.3) is 0 Å². The van der Waals surface area contributed by atoms with Gasteiger partial charge in [-0.3, -0.25) is 9.69 Å². The minimum Gasteiger partial charge on any atom is -0.481 e. The lowest BCUT2D eigenvalue weighted by molar-refractivity contribution is -0.140. The Balaban J connectivity index is 2.37. The van der Waals surface area contributed by atoms with Crippen LogP contribution < -0.4 is 5.73 Å². The Labute approximate surface area is 83.8 Å². The highest BCUT2D eigenvalue weighted by atomic mass is 16.5. The van der Waals surface area contributed by atoms with E-state index in [0.717, 1.165) is 19.5 Å². The summed E-state index contributed by atoms with van der Waals surface area (Å²) >= 11 is 0. The number of carbonyl (C=O) groups is 1. The van der Waals surface area contributed by atoms with Crippen LogP contribution in [0.25, 0.3) is 0 Å². The van der Waals surface area contributed by atoms with Crippen LogP contribution in [0.2, 0.25) is 0 Å². The molecule has 1 aliphatic heterocycles. The first-order chi connectivity index (χ1) is 6.74. The molecule has 1 atom stereocenters. The zero-order valence-corrected chi connectivity index (χ0v) is 8.32. The first-order valence-electron chi connectivity index (χ1n) is 4.97. The number of hydrogen-bond donors (Lipinski definition) is 2. The van der Waals surface area contributed by atoms with Crippen molar-refractivity contribution in [3.63, 3.8) is 0 Å². The van der Waals surface area contributed by atoms with Crippen LogP contribution in [-0.2, 0) is 9.53 Å². The molecule has 0 aromatic heterocycles. The molecular weight excluding hydrogens is 184 g/mol. The Kier molecular flexibility index (Phi) is 4.86. The summed E-state index contributed by atoms with van der Waals surface area (Å²) in [5.41, 5.74) is 5.42. The summed E-state index contributed by atoms with van der Waals surface area (Å²) in [6, 6.07) is 0.0211. The van der Waals surface area contributed by atoms with E-state index in [9.17, 15) is 4.79 Å². The molecule has 0 amide bonds. The summed E-state index contributed by atoms with van der Waals surface area (Å²) in [6.07, 6.45) is 1.07. The second-order valence-corrected chi connectivity index (χ2v) is 3.50. The number of hydrogen-bond acceptors (Lipinski definition) is 4. The third-order valence-electron chi connectivity index (χ3n) is 2.41. The lowest BCUT2D eigenvalue weighted by atomic mass is 10.1. The van der Waals surface area contributed by atoms with E-state index in [1.807, 2.05) is 0 Å². The van der Waals surface area contributed by atoms with Crippen molar-refractivity contribution in [2.24, 2.45) is 5.73 Å². The van der Waals surface area contributed by atoms with Gasteiger partial charge in [-0.15, -0.1) is 0 Å². The van der Waals surface area contributed by atoms with Gasteiger partial charge in [-0.05, 0) is 19.5 Å². The maximum atomic E-state index is 10.6. The van der Waals surface area contributed by atoms with E-state index in [-0.39, 0.29) is 12.5 Å². The SMILES string of the molecule is NCCCN1CCOCC1CC(=O)O. The fourth-order valence-corrected chi connectivity index (χ4v) is 1.67. The maximum Gasteiger partial charge on any atom is 0.305 e. The largest absolute Gasteiger partial charge is 0.481 e. The van der Waals surface area contributed by atoms with Gasteiger partial charge in [0.05, 0.1) is 19.6 Å². The van der Waals surface area contributed by atoms with Crippen molar-refractivity contribution in [2.75, 3.05) is 32.8 Å². The molecule has 0 aliphatic carbocycles. The molecule has 0 spiro atoms. The molecule has 0 aromatic carbocycles. The monoisotopic (exact) mass is 202 g/mol. The number of morpholine rings is 1. The average molecular weight is 202 g/mol. The smallest absolute Gasteiger partial charge is 0.305 e. The second-order valence-electron chi connectivity index (χ2n) is 3.50. The topological polar surface area (TPSA) is 75.8 Å². The van der Waals surface area contributed by atoms with Gasteiger partial charge >= 0.3 is 5.97 Å². The molecule has 1 aliphatic rings. The predicted molar refractivity (Wildman–Crippen MR) is 52.1 cm³/mol. The molecule has 1 rings (SSSR count). The van der Waals surface area contributed by atoms with Gasteiger partial charge in [0.15, 0.2) is 0 Å². The van der Waals surface area contributed by atoms with E-state index in [2.05, 4.69) is 4.90 Å². The van der Waals surface area contributed by atoms with Crippen molar-refractivity contribution < 1.29 is 14.6 Å². The first-order valence-corrected chi connectivity index (χ1v) is 4.97. The van der Waals surface area contributed by atoms with Crippen LogP contribution in [0.5, 0.6) is 0 Å². The Morgan fingerprint density at radius 3 is 3.07 bits per heavy atom. The molecule has 0 bridgehead atoms. The molecule has 82 valence electrons. The maximum absolute atomic E-state index is 10.6. The van der Waals surface area contributed by atoms with Crippen molar-refractivity contribution in [1.82, 2.24) is 4.90 Å².